The van der Waals surface area contributed by atoms with Crippen LogP contribution in [0.1, 0.15) is 53.2 Å². The van der Waals surface area contributed by atoms with Crippen molar-refractivity contribution in [1.29, 1.82) is 0 Å². The van der Waals surface area contributed by atoms with Crippen LogP contribution in [0.3, 0.4) is 0 Å². The summed E-state index contributed by atoms with van der Waals surface area (Å²) in [5.41, 5.74) is 1.41. The molecule has 3 nitrogen and oxygen atoms in total. The van der Waals surface area contributed by atoms with E-state index >= 15 is 0 Å². The smallest absolute Gasteiger partial charge is 0.261 e. The zero-order valence-corrected chi connectivity index (χ0v) is 14.4. The number of carbonyl (C=O) groups excluding carboxylic acids is 1. The van der Waals surface area contributed by atoms with Crippen molar-refractivity contribution in [3.63, 3.8) is 0 Å². The molecule has 2 N–H and O–H groups in total. The Bertz CT molecular complexity index is 469. The number of piperidine rings is 1. The molecule has 0 bridgehead atoms. The van der Waals surface area contributed by atoms with Crippen LogP contribution in [0.5, 0.6) is 0 Å². The van der Waals surface area contributed by atoms with E-state index in [9.17, 15) is 4.79 Å². The second-order valence-electron chi connectivity index (χ2n) is 6.27. The second-order valence-corrected chi connectivity index (χ2v) is 7.41. The van der Waals surface area contributed by atoms with Gasteiger partial charge in [0, 0.05) is 17.0 Å². The average Bonchev–Trinajstić information content (AvgIpc) is 2.87. The van der Waals surface area contributed by atoms with Gasteiger partial charge in [0.25, 0.3) is 5.91 Å². The molecule has 1 aliphatic heterocycles. The quantitative estimate of drug-likeness (QED) is 0.875. The molecule has 1 fully saturated rings. The number of fused-ring (bicyclic) bond motifs is 1. The molecule has 0 spiro atoms. The number of aryl methyl sites for hydroxylation is 2. The molecular weight excluding hydrogens is 304 g/mol. The highest BCUT2D eigenvalue weighted by Crippen LogP contribution is 2.30. The highest BCUT2D eigenvalue weighted by Gasteiger charge is 2.29. The van der Waals surface area contributed by atoms with Gasteiger partial charge in [-0.3, -0.25) is 4.79 Å². The molecule has 1 aromatic heterocycles. The summed E-state index contributed by atoms with van der Waals surface area (Å²) in [6.07, 6.45) is 5.98. The predicted molar refractivity (Wildman–Crippen MR) is 90.7 cm³/mol. The second kappa shape index (κ2) is 7.12. The number of thiophene rings is 1. The fourth-order valence-electron chi connectivity index (χ4n) is 3.43. The van der Waals surface area contributed by atoms with Crippen molar-refractivity contribution >= 4 is 29.7 Å². The summed E-state index contributed by atoms with van der Waals surface area (Å²) >= 11 is 1.70. The minimum atomic E-state index is 0. The molecule has 3 unspecified atom stereocenters. The van der Waals surface area contributed by atoms with Crippen LogP contribution >= 0.6 is 23.7 Å². The third-order valence-electron chi connectivity index (χ3n) is 4.74. The SMILES string of the molecule is CC1CCNC(C)C1NC(=O)c1cc2c(s1)CCCC2.Cl. The minimum absolute atomic E-state index is 0. The first-order chi connectivity index (χ1) is 9.65. The van der Waals surface area contributed by atoms with E-state index in [0.29, 0.717) is 12.0 Å². The Balaban J connectivity index is 0.00000161. The summed E-state index contributed by atoms with van der Waals surface area (Å²) in [6, 6.07) is 2.73. The van der Waals surface area contributed by atoms with Gasteiger partial charge in [-0.25, -0.2) is 0 Å². The Kier molecular flexibility index (Phi) is 5.69. The molecule has 1 aromatic rings. The maximum absolute atomic E-state index is 12.5. The van der Waals surface area contributed by atoms with Gasteiger partial charge in [-0.1, -0.05) is 6.92 Å². The van der Waals surface area contributed by atoms with Crippen LogP contribution in [0.2, 0.25) is 0 Å². The van der Waals surface area contributed by atoms with E-state index in [4.69, 9.17) is 0 Å². The van der Waals surface area contributed by atoms with Crippen molar-refractivity contribution in [2.24, 2.45) is 5.92 Å². The first-order valence-electron chi connectivity index (χ1n) is 7.81. The highest BCUT2D eigenvalue weighted by atomic mass is 35.5. The van der Waals surface area contributed by atoms with Gasteiger partial charge >= 0.3 is 0 Å². The number of halogens is 1. The summed E-state index contributed by atoms with van der Waals surface area (Å²) < 4.78 is 0. The lowest BCUT2D eigenvalue weighted by molar-refractivity contribution is 0.0901. The van der Waals surface area contributed by atoms with Crippen molar-refractivity contribution < 1.29 is 4.79 Å². The molecule has 118 valence electrons. The van der Waals surface area contributed by atoms with Crippen LogP contribution in [0.25, 0.3) is 0 Å². The fourth-order valence-corrected chi connectivity index (χ4v) is 4.59. The first-order valence-corrected chi connectivity index (χ1v) is 8.62. The van der Waals surface area contributed by atoms with Crippen molar-refractivity contribution in [1.82, 2.24) is 10.6 Å². The Morgan fingerprint density at radius 1 is 1.33 bits per heavy atom. The summed E-state index contributed by atoms with van der Waals surface area (Å²) in [5, 5.41) is 6.71. The summed E-state index contributed by atoms with van der Waals surface area (Å²) in [7, 11) is 0. The lowest BCUT2D eigenvalue weighted by Gasteiger charge is -2.35. The zero-order valence-electron chi connectivity index (χ0n) is 12.8. The van der Waals surface area contributed by atoms with Gasteiger partial charge < -0.3 is 10.6 Å². The molecule has 5 heteroatoms. The van der Waals surface area contributed by atoms with E-state index in [1.54, 1.807) is 11.3 Å². The van der Waals surface area contributed by atoms with Gasteiger partial charge in [0.2, 0.25) is 0 Å². The van der Waals surface area contributed by atoms with Gasteiger partial charge in [0.15, 0.2) is 0 Å². The van der Waals surface area contributed by atoms with E-state index in [-0.39, 0.29) is 24.4 Å². The third kappa shape index (κ3) is 3.61. The molecule has 0 radical (unpaired) electrons. The van der Waals surface area contributed by atoms with Crippen LogP contribution in [-0.4, -0.2) is 24.5 Å². The molecule has 1 saturated heterocycles. The number of amides is 1. The molecule has 2 heterocycles. The Morgan fingerprint density at radius 2 is 2.10 bits per heavy atom. The van der Waals surface area contributed by atoms with Crippen molar-refractivity contribution in [3.8, 4) is 0 Å². The third-order valence-corrected chi connectivity index (χ3v) is 5.97. The maximum Gasteiger partial charge on any atom is 0.261 e. The summed E-state index contributed by atoms with van der Waals surface area (Å²) in [4.78, 5) is 14.8. The highest BCUT2D eigenvalue weighted by molar-refractivity contribution is 7.14. The topological polar surface area (TPSA) is 41.1 Å². The van der Waals surface area contributed by atoms with Gasteiger partial charge in [-0.05, 0) is 63.1 Å². The summed E-state index contributed by atoms with van der Waals surface area (Å²) in [6.45, 7) is 5.46. The van der Waals surface area contributed by atoms with Gasteiger partial charge in [0.05, 0.1) is 4.88 Å². The molecule has 3 atom stereocenters. The van der Waals surface area contributed by atoms with E-state index in [1.807, 2.05) is 0 Å². The van der Waals surface area contributed by atoms with Crippen LogP contribution in [-0.2, 0) is 12.8 Å². The molecular formula is C16H25ClN2OS. The zero-order chi connectivity index (χ0) is 14.1. The molecule has 1 amide bonds. The van der Waals surface area contributed by atoms with E-state index in [2.05, 4.69) is 30.5 Å². The van der Waals surface area contributed by atoms with Crippen molar-refractivity contribution in [2.45, 2.75) is 58.0 Å². The molecule has 1 aliphatic carbocycles. The minimum Gasteiger partial charge on any atom is -0.347 e. The van der Waals surface area contributed by atoms with E-state index in [0.717, 1.165) is 30.7 Å². The Morgan fingerprint density at radius 3 is 2.81 bits per heavy atom. The Hall–Kier alpha value is -0.580. The normalized spacial score (nSPS) is 28.4. The molecule has 0 saturated carbocycles. The average molecular weight is 329 g/mol. The standard InChI is InChI=1S/C16H24N2OS.ClH/c1-10-7-8-17-11(2)15(10)18-16(19)14-9-12-5-3-4-6-13(12)20-14;/h9-11,15,17H,3-8H2,1-2H3,(H,18,19);1H. The summed E-state index contributed by atoms with van der Waals surface area (Å²) in [5.74, 6) is 0.668. The van der Waals surface area contributed by atoms with Gasteiger partial charge in [-0.2, -0.15) is 0 Å². The molecule has 21 heavy (non-hydrogen) atoms. The number of hydrogen-bond donors (Lipinski definition) is 2. The molecule has 2 aliphatic rings. The molecule has 0 aromatic carbocycles. The largest absolute Gasteiger partial charge is 0.347 e. The maximum atomic E-state index is 12.5. The lowest BCUT2D eigenvalue weighted by atomic mass is 9.89. The Labute approximate surface area is 137 Å². The molecule has 3 rings (SSSR count). The van der Waals surface area contributed by atoms with E-state index in [1.165, 1.54) is 23.3 Å². The number of rotatable bonds is 2. The van der Waals surface area contributed by atoms with Crippen LogP contribution in [0, 0.1) is 5.92 Å². The van der Waals surface area contributed by atoms with Crippen LogP contribution < -0.4 is 10.6 Å². The lowest BCUT2D eigenvalue weighted by Crippen LogP contribution is -2.55. The predicted octanol–water partition coefficient (Wildman–Crippen LogP) is 3.17. The van der Waals surface area contributed by atoms with Crippen LogP contribution in [0.4, 0.5) is 0 Å². The van der Waals surface area contributed by atoms with Gasteiger partial charge in [0.1, 0.15) is 0 Å². The fraction of sp³-hybridized carbons (Fsp3) is 0.688. The number of carbonyl (C=O) groups is 1. The van der Waals surface area contributed by atoms with Crippen molar-refractivity contribution in [3.05, 3.63) is 21.4 Å². The first kappa shape index (κ1) is 16.8. The van der Waals surface area contributed by atoms with E-state index < -0.39 is 0 Å². The number of nitrogens with one attached hydrogen (secondary N) is 2. The monoisotopic (exact) mass is 328 g/mol. The number of hydrogen-bond acceptors (Lipinski definition) is 3. The van der Waals surface area contributed by atoms with Crippen LogP contribution in [0.15, 0.2) is 6.07 Å². The van der Waals surface area contributed by atoms with Gasteiger partial charge in [-0.15, -0.1) is 23.7 Å². The van der Waals surface area contributed by atoms with Crippen molar-refractivity contribution in [2.75, 3.05) is 6.54 Å².